The molecule has 0 saturated carbocycles. The van der Waals surface area contributed by atoms with Gasteiger partial charge in [0.05, 0.1) is 11.4 Å². The first-order chi connectivity index (χ1) is 15.0. The fraction of sp³-hybridized carbons (Fsp3) is 0.240. The zero-order valence-electron chi connectivity index (χ0n) is 17.7. The van der Waals surface area contributed by atoms with Crippen molar-refractivity contribution in [3.8, 4) is 5.69 Å². The van der Waals surface area contributed by atoms with Crippen LogP contribution in [0.5, 0.6) is 0 Å². The highest BCUT2D eigenvalue weighted by Gasteiger charge is 2.13. The maximum Gasteiger partial charge on any atom is 0.331 e. The number of hydrogen-bond donors (Lipinski definition) is 1. The summed E-state index contributed by atoms with van der Waals surface area (Å²) < 4.78 is 6.93. The number of ether oxygens (including phenoxy) is 1. The van der Waals surface area contributed by atoms with Crippen molar-refractivity contribution in [1.29, 1.82) is 0 Å². The van der Waals surface area contributed by atoms with E-state index in [4.69, 9.17) is 4.74 Å². The zero-order chi connectivity index (χ0) is 21.8. The maximum atomic E-state index is 12.1. The topological polar surface area (TPSA) is 73.2 Å². The smallest absolute Gasteiger partial charge is 0.331 e. The Morgan fingerprint density at radius 1 is 1.10 bits per heavy atom. The Labute approximate surface area is 181 Å². The minimum atomic E-state index is -0.574. The van der Waals surface area contributed by atoms with Gasteiger partial charge in [-0.3, -0.25) is 4.79 Å². The second-order valence-electron chi connectivity index (χ2n) is 7.66. The predicted molar refractivity (Wildman–Crippen MR) is 120 cm³/mol. The monoisotopic (exact) mass is 415 g/mol. The largest absolute Gasteiger partial charge is 0.452 e. The summed E-state index contributed by atoms with van der Waals surface area (Å²) in [7, 11) is 0. The van der Waals surface area contributed by atoms with Crippen LogP contribution >= 0.6 is 0 Å². The molecule has 1 N–H and O–H groups in total. The molecule has 1 heterocycles. The van der Waals surface area contributed by atoms with Crippen molar-refractivity contribution in [3.05, 3.63) is 82.7 Å². The molecule has 0 spiro atoms. The molecule has 4 rings (SSSR count). The van der Waals surface area contributed by atoms with E-state index >= 15 is 0 Å². The number of para-hydroxylation sites is 1. The van der Waals surface area contributed by atoms with Crippen molar-refractivity contribution in [3.63, 3.8) is 0 Å². The third kappa shape index (κ3) is 4.74. The van der Waals surface area contributed by atoms with Gasteiger partial charge in [-0.15, -0.1) is 0 Å². The highest BCUT2D eigenvalue weighted by Crippen LogP contribution is 2.25. The van der Waals surface area contributed by atoms with Gasteiger partial charge in [0.1, 0.15) is 0 Å². The summed E-state index contributed by atoms with van der Waals surface area (Å²) in [5.74, 6) is -0.931. The molecule has 3 aromatic rings. The van der Waals surface area contributed by atoms with Crippen LogP contribution in [0.3, 0.4) is 0 Å². The van der Waals surface area contributed by atoms with Crippen LogP contribution in [0.15, 0.2) is 54.6 Å². The van der Waals surface area contributed by atoms with Crippen molar-refractivity contribution in [2.75, 3.05) is 11.9 Å². The molecule has 1 aromatic heterocycles. The summed E-state index contributed by atoms with van der Waals surface area (Å²) in [6.07, 6.45) is 6.29. The molecule has 31 heavy (non-hydrogen) atoms. The predicted octanol–water partition coefficient (Wildman–Crippen LogP) is 4.17. The third-order valence-electron chi connectivity index (χ3n) is 5.46. The molecule has 0 unspecified atom stereocenters. The number of anilines is 1. The minimum Gasteiger partial charge on any atom is -0.452 e. The molecule has 1 aliphatic carbocycles. The van der Waals surface area contributed by atoms with Crippen molar-refractivity contribution in [2.45, 2.75) is 33.1 Å². The van der Waals surface area contributed by atoms with Gasteiger partial charge in [-0.05, 0) is 74.6 Å². The summed E-state index contributed by atoms with van der Waals surface area (Å²) >= 11 is 0. The number of nitrogens with one attached hydrogen (secondary N) is 1. The second-order valence-corrected chi connectivity index (χ2v) is 7.66. The van der Waals surface area contributed by atoms with Gasteiger partial charge >= 0.3 is 5.97 Å². The van der Waals surface area contributed by atoms with Gasteiger partial charge in [-0.1, -0.05) is 24.3 Å². The van der Waals surface area contributed by atoms with E-state index in [2.05, 4.69) is 10.4 Å². The second kappa shape index (κ2) is 9.00. The Morgan fingerprint density at radius 2 is 1.87 bits per heavy atom. The molecular formula is C25H25N3O3. The lowest BCUT2D eigenvalue weighted by molar-refractivity contribution is -0.142. The Bertz CT molecular complexity index is 1150. The summed E-state index contributed by atoms with van der Waals surface area (Å²) in [5, 5.41) is 7.34. The molecule has 0 fully saturated rings. The molecule has 0 saturated heterocycles. The quantitative estimate of drug-likeness (QED) is 0.484. The zero-order valence-corrected chi connectivity index (χ0v) is 17.7. The number of carbonyl (C=O) groups is 2. The number of hydrogen-bond acceptors (Lipinski definition) is 4. The molecule has 6 heteroatoms. The van der Waals surface area contributed by atoms with Crippen molar-refractivity contribution >= 4 is 23.6 Å². The van der Waals surface area contributed by atoms with E-state index in [1.807, 2.05) is 67.1 Å². The van der Waals surface area contributed by atoms with Crippen LogP contribution in [0.1, 0.15) is 34.5 Å². The number of rotatable bonds is 6. The third-order valence-corrected chi connectivity index (χ3v) is 5.46. The molecule has 0 bridgehead atoms. The summed E-state index contributed by atoms with van der Waals surface area (Å²) in [6, 6.07) is 15.7. The maximum absolute atomic E-state index is 12.1. The summed E-state index contributed by atoms with van der Waals surface area (Å²) in [4.78, 5) is 24.2. The Morgan fingerprint density at radius 3 is 2.68 bits per heavy atom. The van der Waals surface area contributed by atoms with E-state index in [0.717, 1.165) is 47.6 Å². The molecule has 0 aliphatic heterocycles. The summed E-state index contributed by atoms with van der Waals surface area (Å²) in [5.41, 5.74) is 6.88. The van der Waals surface area contributed by atoms with E-state index in [1.165, 1.54) is 17.2 Å². The van der Waals surface area contributed by atoms with Gasteiger partial charge in [-0.2, -0.15) is 5.10 Å². The van der Waals surface area contributed by atoms with E-state index in [-0.39, 0.29) is 12.5 Å². The van der Waals surface area contributed by atoms with Crippen LogP contribution in [-0.4, -0.2) is 28.3 Å². The van der Waals surface area contributed by atoms with E-state index < -0.39 is 5.97 Å². The molecule has 0 atom stereocenters. The lowest BCUT2D eigenvalue weighted by Gasteiger charge is -2.07. The van der Waals surface area contributed by atoms with Crippen LogP contribution in [0.25, 0.3) is 11.8 Å². The number of nitrogens with zero attached hydrogens (tertiary/aromatic N) is 2. The molecule has 0 radical (unpaired) electrons. The Hall–Kier alpha value is -3.67. The van der Waals surface area contributed by atoms with Crippen LogP contribution < -0.4 is 5.32 Å². The fourth-order valence-electron chi connectivity index (χ4n) is 3.90. The lowest BCUT2D eigenvalue weighted by Crippen LogP contribution is -2.20. The van der Waals surface area contributed by atoms with Crippen LogP contribution in [0, 0.1) is 13.8 Å². The van der Waals surface area contributed by atoms with Gasteiger partial charge in [0.25, 0.3) is 5.91 Å². The number of fused-ring (bicyclic) bond motifs is 1. The molecule has 158 valence electrons. The summed E-state index contributed by atoms with van der Waals surface area (Å²) in [6.45, 7) is 3.51. The standard InChI is InChI=1S/C25H25N3O3/c1-17-23(18(2)28(27-17)22-9-4-3-5-10-22)13-14-25(30)31-16-24(29)26-21-12-11-19-7-6-8-20(19)15-21/h3-5,9-15H,6-8,16H2,1-2H3,(H,26,29)/b14-13+. The number of amides is 1. The average Bonchev–Trinajstić information content (AvgIpc) is 3.35. The average molecular weight is 415 g/mol. The fourth-order valence-corrected chi connectivity index (χ4v) is 3.90. The number of benzene rings is 2. The minimum absolute atomic E-state index is 0.332. The highest BCUT2D eigenvalue weighted by atomic mass is 16.5. The number of carbonyl (C=O) groups excluding carboxylic acids is 2. The van der Waals surface area contributed by atoms with Crippen LogP contribution in [0.4, 0.5) is 5.69 Å². The van der Waals surface area contributed by atoms with Crippen LogP contribution in [-0.2, 0) is 27.2 Å². The first-order valence-electron chi connectivity index (χ1n) is 10.4. The first kappa shape index (κ1) is 20.6. The molecule has 1 aliphatic rings. The number of aryl methyl sites for hydroxylation is 3. The molecular weight excluding hydrogens is 390 g/mol. The van der Waals surface area contributed by atoms with Crippen molar-refractivity contribution in [2.24, 2.45) is 0 Å². The van der Waals surface area contributed by atoms with Crippen molar-refractivity contribution in [1.82, 2.24) is 9.78 Å². The highest BCUT2D eigenvalue weighted by molar-refractivity contribution is 5.94. The molecule has 6 nitrogen and oxygen atoms in total. The van der Waals surface area contributed by atoms with Crippen LogP contribution in [0.2, 0.25) is 0 Å². The van der Waals surface area contributed by atoms with Gasteiger partial charge in [-0.25, -0.2) is 9.48 Å². The lowest BCUT2D eigenvalue weighted by atomic mass is 10.1. The van der Waals surface area contributed by atoms with Gasteiger partial charge < -0.3 is 10.1 Å². The van der Waals surface area contributed by atoms with E-state index in [0.29, 0.717) is 0 Å². The van der Waals surface area contributed by atoms with E-state index in [9.17, 15) is 9.59 Å². The van der Waals surface area contributed by atoms with Gasteiger partial charge in [0, 0.05) is 23.0 Å². The molecule has 1 amide bonds. The normalized spacial score (nSPS) is 12.7. The number of esters is 1. The number of aromatic nitrogens is 2. The first-order valence-corrected chi connectivity index (χ1v) is 10.4. The SMILES string of the molecule is Cc1nn(-c2ccccc2)c(C)c1/C=C/C(=O)OCC(=O)Nc1ccc2c(c1)CCC2. The van der Waals surface area contributed by atoms with Gasteiger partial charge in [0.15, 0.2) is 6.61 Å². The van der Waals surface area contributed by atoms with Crippen molar-refractivity contribution < 1.29 is 14.3 Å². The molecule has 2 aromatic carbocycles. The van der Waals surface area contributed by atoms with E-state index in [1.54, 1.807) is 6.08 Å². The Balaban J connectivity index is 1.34. The van der Waals surface area contributed by atoms with Gasteiger partial charge in [0.2, 0.25) is 0 Å². The Kier molecular flexibility index (Phi) is 5.98.